The summed E-state index contributed by atoms with van der Waals surface area (Å²) < 4.78 is 31.8. The van der Waals surface area contributed by atoms with E-state index in [2.05, 4.69) is 10.1 Å². The molecule has 6 heteroatoms. The van der Waals surface area contributed by atoms with Crippen molar-refractivity contribution in [2.24, 2.45) is 11.8 Å². The van der Waals surface area contributed by atoms with Crippen molar-refractivity contribution < 1.29 is 13.3 Å². The van der Waals surface area contributed by atoms with Crippen molar-refractivity contribution in [3.63, 3.8) is 0 Å². The third-order valence-corrected chi connectivity index (χ3v) is 5.60. The van der Waals surface area contributed by atoms with Crippen LogP contribution in [0, 0.1) is 23.5 Å². The van der Waals surface area contributed by atoms with Gasteiger partial charge in [-0.2, -0.15) is 0 Å². The van der Waals surface area contributed by atoms with Crippen LogP contribution >= 0.6 is 0 Å². The second kappa shape index (κ2) is 8.09. The molecule has 1 N–H and O–H groups in total. The summed E-state index contributed by atoms with van der Waals surface area (Å²) in [6, 6.07) is 9.31. The molecule has 4 nitrogen and oxygen atoms in total. The van der Waals surface area contributed by atoms with E-state index in [0.717, 1.165) is 55.3 Å². The van der Waals surface area contributed by atoms with Crippen LogP contribution < -0.4 is 5.56 Å². The molecule has 1 aromatic carbocycles. The van der Waals surface area contributed by atoms with Gasteiger partial charge in [0, 0.05) is 23.9 Å². The Morgan fingerprint density at radius 1 is 0.964 bits per heavy atom. The SMILES string of the molecule is O=c1ccc(-c2cc(CC3CCC(Cc4ccc(F)c(F)c4)CC3)no2)c[nH]1. The van der Waals surface area contributed by atoms with Gasteiger partial charge >= 0.3 is 0 Å². The van der Waals surface area contributed by atoms with Crippen molar-refractivity contribution in [3.05, 3.63) is 75.8 Å². The van der Waals surface area contributed by atoms with Crippen molar-refractivity contribution in [3.8, 4) is 11.3 Å². The molecule has 1 aliphatic carbocycles. The highest BCUT2D eigenvalue weighted by molar-refractivity contribution is 5.55. The van der Waals surface area contributed by atoms with Crippen molar-refractivity contribution in [2.75, 3.05) is 0 Å². The largest absolute Gasteiger partial charge is 0.356 e. The predicted molar refractivity (Wildman–Crippen MR) is 102 cm³/mol. The summed E-state index contributed by atoms with van der Waals surface area (Å²) in [5, 5.41) is 4.17. The lowest BCUT2D eigenvalue weighted by Crippen LogP contribution is -2.18. The van der Waals surface area contributed by atoms with Crippen LogP contribution in [0.5, 0.6) is 0 Å². The van der Waals surface area contributed by atoms with Crippen molar-refractivity contribution in [2.45, 2.75) is 38.5 Å². The summed E-state index contributed by atoms with van der Waals surface area (Å²) in [5.41, 5.74) is 2.44. The molecular weight excluding hydrogens is 362 g/mol. The van der Waals surface area contributed by atoms with E-state index in [1.54, 1.807) is 18.3 Å². The van der Waals surface area contributed by atoms with Crippen LogP contribution in [0.2, 0.25) is 0 Å². The van der Waals surface area contributed by atoms with Crippen LogP contribution in [0.3, 0.4) is 0 Å². The Hall–Kier alpha value is -2.76. The first-order valence-electron chi connectivity index (χ1n) is 9.65. The van der Waals surface area contributed by atoms with Crippen LogP contribution in [0.1, 0.15) is 36.9 Å². The first kappa shape index (κ1) is 18.6. The fraction of sp³-hybridized carbons (Fsp3) is 0.364. The minimum atomic E-state index is -0.790. The summed E-state index contributed by atoms with van der Waals surface area (Å²) in [5.74, 6) is 0.153. The van der Waals surface area contributed by atoms with Crippen LogP contribution in [-0.2, 0) is 12.8 Å². The fourth-order valence-electron chi connectivity index (χ4n) is 4.04. The first-order valence-corrected chi connectivity index (χ1v) is 9.65. The van der Waals surface area contributed by atoms with Crippen LogP contribution in [-0.4, -0.2) is 10.1 Å². The van der Waals surface area contributed by atoms with Gasteiger partial charge in [0.25, 0.3) is 0 Å². The molecule has 0 amide bonds. The van der Waals surface area contributed by atoms with E-state index in [9.17, 15) is 13.6 Å². The number of aromatic amines is 1. The zero-order valence-corrected chi connectivity index (χ0v) is 15.5. The molecule has 0 aliphatic heterocycles. The third-order valence-electron chi connectivity index (χ3n) is 5.60. The second-order valence-corrected chi connectivity index (χ2v) is 7.67. The third kappa shape index (κ3) is 4.38. The second-order valence-electron chi connectivity index (χ2n) is 7.67. The molecule has 28 heavy (non-hydrogen) atoms. The molecule has 0 bridgehead atoms. The highest BCUT2D eigenvalue weighted by Gasteiger charge is 2.23. The zero-order chi connectivity index (χ0) is 19.5. The lowest BCUT2D eigenvalue weighted by molar-refractivity contribution is 0.268. The quantitative estimate of drug-likeness (QED) is 0.681. The molecule has 0 saturated heterocycles. The Labute approximate surface area is 161 Å². The molecule has 3 aromatic rings. The van der Waals surface area contributed by atoms with Gasteiger partial charge in [-0.05, 0) is 74.1 Å². The van der Waals surface area contributed by atoms with Gasteiger partial charge in [-0.15, -0.1) is 0 Å². The molecule has 1 saturated carbocycles. The van der Waals surface area contributed by atoms with Gasteiger partial charge in [-0.1, -0.05) is 11.2 Å². The summed E-state index contributed by atoms with van der Waals surface area (Å²) in [6.07, 6.45) is 7.62. The fourth-order valence-corrected chi connectivity index (χ4v) is 4.04. The zero-order valence-electron chi connectivity index (χ0n) is 15.5. The number of nitrogens with one attached hydrogen (secondary N) is 1. The molecule has 1 aliphatic rings. The summed E-state index contributed by atoms with van der Waals surface area (Å²) >= 11 is 0. The molecule has 2 heterocycles. The Morgan fingerprint density at radius 2 is 1.71 bits per heavy atom. The van der Waals surface area contributed by atoms with Crippen molar-refractivity contribution >= 4 is 0 Å². The molecule has 1 fully saturated rings. The number of H-pyrrole nitrogens is 1. The van der Waals surface area contributed by atoms with E-state index in [4.69, 9.17) is 4.52 Å². The number of rotatable bonds is 5. The van der Waals surface area contributed by atoms with Gasteiger partial charge in [0.15, 0.2) is 17.4 Å². The molecule has 0 atom stereocenters. The minimum Gasteiger partial charge on any atom is -0.356 e. The number of hydrogen-bond acceptors (Lipinski definition) is 3. The molecule has 146 valence electrons. The van der Waals surface area contributed by atoms with Gasteiger partial charge in [-0.3, -0.25) is 4.79 Å². The number of halogens is 2. The molecule has 2 aromatic heterocycles. The number of pyridine rings is 1. The maximum absolute atomic E-state index is 13.4. The Bertz CT molecular complexity index is 983. The lowest BCUT2D eigenvalue weighted by Gasteiger charge is -2.28. The summed E-state index contributed by atoms with van der Waals surface area (Å²) in [4.78, 5) is 13.8. The highest BCUT2D eigenvalue weighted by atomic mass is 19.2. The maximum atomic E-state index is 13.4. The van der Waals surface area contributed by atoms with Gasteiger partial charge in [-0.25, -0.2) is 8.78 Å². The number of nitrogens with zero attached hydrogens (tertiary/aromatic N) is 1. The maximum Gasteiger partial charge on any atom is 0.247 e. The molecular formula is C22H22F2N2O2. The molecule has 0 spiro atoms. The van der Waals surface area contributed by atoms with Crippen molar-refractivity contribution in [1.82, 2.24) is 10.1 Å². The number of hydrogen-bond donors (Lipinski definition) is 1. The van der Waals surface area contributed by atoms with Gasteiger partial charge in [0.2, 0.25) is 5.56 Å². The van der Waals surface area contributed by atoms with Crippen molar-refractivity contribution in [1.29, 1.82) is 0 Å². The van der Waals surface area contributed by atoms with E-state index >= 15 is 0 Å². The van der Waals surface area contributed by atoms with Crippen LogP contribution in [0.4, 0.5) is 8.78 Å². The standard InChI is InChI=1S/C22H22F2N2O2/c23-19-7-5-16(11-20(19)24)9-14-1-3-15(4-2-14)10-18-12-21(28-26-18)17-6-8-22(27)25-13-17/h5-8,11-15H,1-4,9-10H2,(H,25,27). The van der Waals surface area contributed by atoms with Crippen LogP contribution in [0.25, 0.3) is 11.3 Å². The van der Waals surface area contributed by atoms with E-state index in [0.29, 0.717) is 17.6 Å². The topological polar surface area (TPSA) is 58.9 Å². The minimum absolute atomic E-state index is 0.149. The Balaban J connectivity index is 1.30. The monoisotopic (exact) mass is 384 g/mol. The number of benzene rings is 1. The van der Waals surface area contributed by atoms with Gasteiger partial charge in [0.1, 0.15) is 0 Å². The average Bonchev–Trinajstić information content (AvgIpc) is 3.15. The number of aromatic nitrogens is 2. The summed E-state index contributed by atoms with van der Waals surface area (Å²) in [6.45, 7) is 0. The lowest BCUT2D eigenvalue weighted by atomic mass is 9.77. The van der Waals surface area contributed by atoms with Gasteiger partial charge < -0.3 is 9.51 Å². The van der Waals surface area contributed by atoms with E-state index in [1.807, 2.05) is 6.07 Å². The molecule has 4 rings (SSSR count). The first-order chi connectivity index (χ1) is 13.6. The highest BCUT2D eigenvalue weighted by Crippen LogP contribution is 2.33. The average molecular weight is 384 g/mol. The normalized spacial score (nSPS) is 19.6. The Kier molecular flexibility index (Phi) is 5.37. The molecule has 0 unspecified atom stereocenters. The molecule has 0 radical (unpaired) electrons. The van der Waals surface area contributed by atoms with Crippen LogP contribution in [0.15, 0.2) is 51.9 Å². The summed E-state index contributed by atoms with van der Waals surface area (Å²) in [7, 11) is 0. The van der Waals surface area contributed by atoms with Gasteiger partial charge in [0.05, 0.1) is 5.69 Å². The predicted octanol–water partition coefficient (Wildman–Crippen LogP) is 4.90. The smallest absolute Gasteiger partial charge is 0.247 e. The van der Waals surface area contributed by atoms with E-state index < -0.39 is 11.6 Å². The Morgan fingerprint density at radius 3 is 2.39 bits per heavy atom. The van der Waals surface area contributed by atoms with E-state index in [1.165, 1.54) is 18.2 Å². The van der Waals surface area contributed by atoms with E-state index in [-0.39, 0.29) is 5.56 Å².